The number of sulfone groups is 2. The third-order valence-electron chi connectivity index (χ3n) is 12.0. The summed E-state index contributed by atoms with van der Waals surface area (Å²) in [6.45, 7) is 3.93. The van der Waals surface area contributed by atoms with Crippen LogP contribution in [0.1, 0.15) is 118 Å². The maximum absolute atomic E-state index is 12.8. The molecule has 4 aromatic heterocycles. The Kier molecular flexibility index (Phi) is 21.9. The zero-order valence-corrected chi connectivity index (χ0v) is 43.0. The van der Waals surface area contributed by atoms with Crippen LogP contribution in [0.15, 0.2) is 107 Å². The molecule has 6 aromatic rings. The molecule has 0 unspecified atom stereocenters. The molecule has 4 heterocycles. The molecule has 2 saturated carbocycles. The fourth-order valence-corrected chi connectivity index (χ4v) is 11.6. The van der Waals surface area contributed by atoms with Crippen molar-refractivity contribution in [2.24, 2.45) is 17.2 Å². The Morgan fingerprint density at radius 3 is 1.33 bits per heavy atom. The number of nitrogens with zero attached hydrogens (tertiary/aromatic N) is 6. The molecular weight excluding hydrogens is 995 g/mol. The average molecular weight is 1060 g/mol. The molecule has 14 nitrogen and oxygen atoms in total. The molecule has 8 rings (SSSR count). The summed E-state index contributed by atoms with van der Waals surface area (Å²) in [6.07, 6.45) is 22.9. The van der Waals surface area contributed by atoms with Gasteiger partial charge in [0.05, 0.1) is 42.7 Å². The number of nitrogens with one attached hydrogen (secondary N) is 1. The Morgan fingerprint density at radius 1 is 0.569 bits per heavy atom. The molecule has 72 heavy (non-hydrogen) atoms. The Labute approximate surface area is 434 Å². The van der Waals surface area contributed by atoms with Crippen LogP contribution in [-0.4, -0.2) is 70.9 Å². The highest BCUT2D eigenvalue weighted by molar-refractivity contribution is 7.91. The van der Waals surface area contributed by atoms with Crippen LogP contribution in [0.3, 0.4) is 0 Å². The lowest BCUT2D eigenvalue weighted by Crippen LogP contribution is -2.33. The first-order chi connectivity index (χ1) is 34.0. The summed E-state index contributed by atoms with van der Waals surface area (Å²) in [5.41, 5.74) is 23.0. The van der Waals surface area contributed by atoms with Gasteiger partial charge in [-0.3, -0.25) is 9.97 Å². The topological polar surface area (TPSA) is 236 Å². The van der Waals surface area contributed by atoms with Crippen LogP contribution >= 0.6 is 23.2 Å². The highest BCUT2D eigenvalue weighted by Crippen LogP contribution is 2.27. The molecule has 19 heteroatoms. The zero-order valence-electron chi connectivity index (χ0n) is 39.8. The number of nitrogens with two attached hydrogens (primary N) is 3. The number of halogens is 3. The molecule has 0 saturated heterocycles. The van der Waals surface area contributed by atoms with Gasteiger partial charge < -0.3 is 22.5 Å². The van der Waals surface area contributed by atoms with E-state index in [-0.39, 0.29) is 38.8 Å². The number of pyridine rings is 2. The monoisotopic (exact) mass is 1060 g/mol. The van der Waals surface area contributed by atoms with E-state index in [4.69, 9.17) is 40.4 Å². The van der Waals surface area contributed by atoms with Gasteiger partial charge in [0.2, 0.25) is 5.95 Å². The van der Waals surface area contributed by atoms with E-state index in [9.17, 15) is 21.2 Å². The first-order valence-corrected chi connectivity index (χ1v) is 27.7. The summed E-state index contributed by atoms with van der Waals surface area (Å²) in [5, 5.41) is 3.80. The van der Waals surface area contributed by atoms with E-state index in [1.807, 2.05) is 44.2 Å². The molecule has 0 bridgehead atoms. The van der Waals surface area contributed by atoms with Crippen LogP contribution in [0.2, 0.25) is 10.0 Å². The van der Waals surface area contributed by atoms with E-state index in [0.717, 1.165) is 79.4 Å². The number of benzene rings is 2. The van der Waals surface area contributed by atoms with Gasteiger partial charge in [-0.2, -0.15) is 4.39 Å². The van der Waals surface area contributed by atoms with Gasteiger partial charge in [0.1, 0.15) is 0 Å². The van der Waals surface area contributed by atoms with Gasteiger partial charge in [0, 0.05) is 71.5 Å². The third kappa shape index (κ3) is 17.3. The molecule has 2 aromatic carbocycles. The van der Waals surface area contributed by atoms with Gasteiger partial charge in [0.15, 0.2) is 19.7 Å². The van der Waals surface area contributed by atoms with Crippen LogP contribution in [-0.2, 0) is 44.0 Å². The van der Waals surface area contributed by atoms with Gasteiger partial charge in [-0.15, -0.1) is 0 Å². The summed E-state index contributed by atoms with van der Waals surface area (Å²) in [6, 6.07) is 21.5. The van der Waals surface area contributed by atoms with Crippen molar-refractivity contribution in [3.05, 3.63) is 159 Å². The summed E-state index contributed by atoms with van der Waals surface area (Å²) in [5.74, 6) is 0.185. The number of hydrogen-bond donors (Lipinski definition) is 4. The molecule has 2 aliphatic rings. The summed E-state index contributed by atoms with van der Waals surface area (Å²) in [4.78, 5) is 25.2. The van der Waals surface area contributed by atoms with Gasteiger partial charge >= 0.3 is 6.08 Å². The fourth-order valence-electron chi connectivity index (χ4n) is 7.95. The van der Waals surface area contributed by atoms with Crippen molar-refractivity contribution in [1.82, 2.24) is 29.9 Å². The number of hydrogen-bond acceptors (Lipinski definition) is 14. The Morgan fingerprint density at radius 2 is 0.944 bits per heavy atom. The third-order valence-corrected chi connectivity index (χ3v) is 16.3. The first-order valence-electron chi connectivity index (χ1n) is 23.6. The highest BCUT2D eigenvalue weighted by atomic mass is 35.5. The van der Waals surface area contributed by atoms with Crippen molar-refractivity contribution in [3.8, 4) is 0 Å². The molecular formula is C53H65Cl2FN10O4S2. The van der Waals surface area contributed by atoms with E-state index >= 15 is 0 Å². The second-order valence-corrected chi connectivity index (χ2v) is 22.2. The lowest BCUT2D eigenvalue weighted by atomic mass is 9.92. The van der Waals surface area contributed by atoms with Crippen LogP contribution in [0.25, 0.3) is 24.3 Å². The smallest absolute Gasteiger partial charge is 0.308 e. The van der Waals surface area contributed by atoms with E-state index in [2.05, 4.69) is 35.2 Å². The minimum atomic E-state index is -3.61. The first kappa shape index (κ1) is 57.4. The molecule has 0 amide bonds. The fraction of sp³-hybridized carbons (Fsp3) is 0.358. The van der Waals surface area contributed by atoms with Gasteiger partial charge in [-0.25, -0.2) is 36.8 Å². The van der Waals surface area contributed by atoms with E-state index in [1.54, 1.807) is 67.0 Å². The normalized spacial score (nSPS) is 18.1. The maximum atomic E-state index is 12.8. The summed E-state index contributed by atoms with van der Waals surface area (Å²) >= 11 is 12.1. The Balaban J connectivity index is 0.000000232. The quantitative estimate of drug-likeness (QED) is 0.0743. The van der Waals surface area contributed by atoms with Crippen molar-refractivity contribution < 1.29 is 21.2 Å². The van der Waals surface area contributed by atoms with Gasteiger partial charge in [-0.1, -0.05) is 105 Å². The van der Waals surface area contributed by atoms with E-state index < -0.39 is 25.8 Å². The summed E-state index contributed by atoms with van der Waals surface area (Å²) in [7, 11) is -7.20. The minimum Gasteiger partial charge on any atom is -0.351 e. The average Bonchev–Trinajstić information content (AvgIpc) is 3.36. The van der Waals surface area contributed by atoms with E-state index in [0.29, 0.717) is 59.9 Å². The van der Waals surface area contributed by atoms with Crippen molar-refractivity contribution in [1.29, 1.82) is 0 Å². The van der Waals surface area contributed by atoms with Crippen molar-refractivity contribution in [3.63, 3.8) is 0 Å². The van der Waals surface area contributed by atoms with Crippen molar-refractivity contribution in [2.75, 3.05) is 5.32 Å². The second-order valence-electron chi connectivity index (χ2n) is 17.5. The Hall–Kier alpha value is -5.53. The lowest BCUT2D eigenvalue weighted by Gasteiger charge is -2.26. The van der Waals surface area contributed by atoms with E-state index in [1.165, 1.54) is 24.5 Å². The predicted octanol–water partition coefficient (Wildman–Crippen LogP) is 10.1. The van der Waals surface area contributed by atoms with Crippen LogP contribution in [0, 0.1) is 6.08 Å². The SMILES string of the molecule is C.CCc1nc(CS(=O)(=O)c2ccccc2Cl)ccc1/C=C/c1cnc(F)nc1.CCc1nc(CS(=O)(=O)c2ccccc2Cl)ccc1C=Cc1cnc(NC2CCC(N)CC2)nc1.NC1CCC(N)CC1. The lowest BCUT2D eigenvalue weighted by molar-refractivity contribution is 0.395. The van der Waals surface area contributed by atoms with Crippen molar-refractivity contribution >= 4 is 73.1 Å². The van der Waals surface area contributed by atoms with Crippen LogP contribution in [0.5, 0.6) is 0 Å². The largest absolute Gasteiger partial charge is 0.351 e. The number of anilines is 1. The second kappa shape index (κ2) is 27.5. The highest BCUT2D eigenvalue weighted by Gasteiger charge is 2.22. The van der Waals surface area contributed by atoms with Crippen LogP contribution < -0.4 is 22.5 Å². The molecule has 0 radical (unpaired) electrons. The van der Waals surface area contributed by atoms with Gasteiger partial charge in [-0.05, 0) is 112 Å². The molecule has 2 aliphatic carbocycles. The van der Waals surface area contributed by atoms with Gasteiger partial charge in [0.25, 0.3) is 0 Å². The number of aromatic nitrogens is 6. The Bertz CT molecular complexity index is 2960. The number of rotatable bonds is 14. The molecule has 0 aliphatic heterocycles. The van der Waals surface area contributed by atoms with Crippen LogP contribution in [0.4, 0.5) is 10.3 Å². The number of aryl methyl sites for hydroxylation is 2. The molecule has 2 fully saturated rings. The molecule has 7 N–H and O–H groups in total. The molecule has 0 spiro atoms. The predicted molar refractivity (Wildman–Crippen MR) is 289 cm³/mol. The maximum Gasteiger partial charge on any atom is 0.308 e. The molecule has 0 atom stereocenters. The standard InChI is InChI=1S/C26H30ClN5O2S.C20H17ClFN3O2S.C6H14N2.CH4/c1-2-24-19(9-12-22(31-24)17-35(33,34)25-6-4-3-5-23(25)27)8-7-18-15-29-26(30-16-18)32-21-13-10-20(28)11-14-21;1-2-18-15(8-7-14-11-23-20(22)24-12-14)9-10-16(25-18)13-28(26,27)19-6-4-3-5-17(19)21;7-5-1-2-6(8)4-3-5;/h3-9,12,15-16,20-21H,2,10-11,13-14,17,28H2,1H3,(H,29,30,32);3-12H,2,13H2,1H3;5-6H,1-4,7-8H2;1H4/b;8-7+;;. The zero-order chi connectivity index (χ0) is 51.0. The molecule has 384 valence electrons. The summed E-state index contributed by atoms with van der Waals surface area (Å²) < 4.78 is 63.8. The minimum absolute atomic E-state index is 0. The van der Waals surface area contributed by atoms with Crippen molar-refractivity contribution in [2.45, 2.75) is 131 Å².